The molecule has 5 aliphatic rings. The van der Waals surface area contributed by atoms with E-state index in [-0.39, 0.29) is 11.5 Å². The van der Waals surface area contributed by atoms with Crippen LogP contribution in [0, 0.1) is 34.5 Å². The zero-order valence-corrected chi connectivity index (χ0v) is 24.6. The molecule has 0 heterocycles. The number of carbonyl (C=O) groups excluding carboxylic acids is 1. The fraction of sp³-hybridized carbons (Fsp3) is 0.800. The molecule has 1 aromatic carbocycles. The second-order valence-electron chi connectivity index (χ2n) is 14.4. The van der Waals surface area contributed by atoms with Gasteiger partial charge < -0.3 is 15.2 Å². The van der Waals surface area contributed by atoms with Crippen LogP contribution in [-0.2, 0) is 4.79 Å². The highest BCUT2D eigenvalue weighted by atomic mass is 16.5. The summed E-state index contributed by atoms with van der Waals surface area (Å²) in [6.45, 7) is 5.49. The van der Waals surface area contributed by atoms with Gasteiger partial charge in [-0.3, -0.25) is 4.79 Å². The number of aliphatic hydroxyl groups is 1. The number of Topliss-reactive ketones (excluding diaryl/α,β-unsaturated/α-hetero) is 1. The molecular weight excluding hydrogens is 482 g/mol. The van der Waals surface area contributed by atoms with Crippen LogP contribution in [-0.4, -0.2) is 29.6 Å². The first-order valence-electron chi connectivity index (χ1n) is 16.6. The highest BCUT2D eigenvalue weighted by Crippen LogP contribution is 2.66. The van der Waals surface area contributed by atoms with Crippen molar-refractivity contribution in [3.8, 4) is 5.75 Å². The molecule has 216 valence electrons. The zero-order valence-electron chi connectivity index (χ0n) is 24.6. The zero-order chi connectivity index (χ0) is 27.0. The Kier molecular flexibility index (Phi) is 8.17. The summed E-state index contributed by atoms with van der Waals surface area (Å²) in [5.74, 6) is 4.12. The predicted octanol–water partition coefficient (Wildman–Crippen LogP) is 7.78. The van der Waals surface area contributed by atoms with Crippen LogP contribution in [0.15, 0.2) is 24.3 Å². The number of rotatable bonds is 9. The largest absolute Gasteiger partial charge is 0.494 e. The Balaban J connectivity index is 1.12. The molecule has 6 rings (SSSR count). The molecule has 5 aliphatic carbocycles. The summed E-state index contributed by atoms with van der Waals surface area (Å²) < 4.78 is 6.48. The average Bonchev–Trinajstić information content (AvgIpc) is 3.57. The second-order valence-corrected chi connectivity index (χ2v) is 14.4. The fourth-order valence-corrected chi connectivity index (χ4v) is 10.5. The number of carbonyl (C=O) groups is 1. The summed E-state index contributed by atoms with van der Waals surface area (Å²) in [4.78, 5) is 12.2. The van der Waals surface area contributed by atoms with E-state index in [9.17, 15) is 9.90 Å². The van der Waals surface area contributed by atoms with Gasteiger partial charge in [0.2, 0.25) is 0 Å². The molecule has 39 heavy (non-hydrogen) atoms. The van der Waals surface area contributed by atoms with Crippen molar-refractivity contribution < 1.29 is 14.6 Å². The summed E-state index contributed by atoms with van der Waals surface area (Å²) in [7, 11) is 0. The van der Waals surface area contributed by atoms with Crippen LogP contribution < -0.4 is 10.1 Å². The highest BCUT2D eigenvalue weighted by molar-refractivity contribution is 5.79. The minimum absolute atomic E-state index is 0.0151. The summed E-state index contributed by atoms with van der Waals surface area (Å²) in [5.41, 5.74) is 1.70. The average molecular weight is 536 g/mol. The number of fused-ring (bicyclic) bond motifs is 5. The predicted molar refractivity (Wildman–Crippen MR) is 157 cm³/mol. The van der Waals surface area contributed by atoms with Crippen molar-refractivity contribution in [2.24, 2.45) is 34.5 Å². The Morgan fingerprint density at radius 3 is 2.72 bits per heavy atom. The van der Waals surface area contributed by atoms with E-state index in [1.165, 1.54) is 63.4 Å². The van der Waals surface area contributed by atoms with Gasteiger partial charge in [-0.05, 0) is 117 Å². The maximum absolute atomic E-state index is 12.2. The van der Waals surface area contributed by atoms with Crippen LogP contribution in [0.5, 0.6) is 5.75 Å². The number of hydrogen-bond acceptors (Lipinski definition) is 4. The van der Waals surface area contributed by atoms with Crippen LogP contribution in [0.4, 0.5) is 0 Å². The number of nitrogens with one attached hydrogen (secondary N) is 1. The van der Waals surface area contributed by atoms with Gasteiger partial charge in [0.05, 0.1) is 12.7 Å². The molecule has 0 spiro atoms. The summed E-state index contributed by atoms with van der Waals surface area (Å²) in [6.07, 6.45) is 18.1. The maximum atomic E-state index is 12.2. The van der Waals surface area contributed by atoms with E-state index < -0.39 is 0 Å². The lowest BCUT2D eigenvalue weighted by molar-refractivity contribution is -0.145. The van der Waals surface area contributed by atoms with Gasteiger partial charge in [0, 0.05) is 30.3 Å². The van der Waals surface area contributed by atoms with Gasteiger partial charge in [-0.15, -0.1) is 0 Å². The van der Waals surface area contributed by atoms with E-state index in [1.807, 2.05) is 0 Å². The third-order valence-electron chi connectivity index (χ3n) is 12.6. The van der Waals surface area contributed by atoms with E-state index >= 15 is 0 Å². The van der Waals surface area contributed by atoms with Crippen molar-refractivity contribution in [3.05, 3.63) is 29.8 Å². The van der Waals surface area contributed by atoms with E-state index in [0.717, 1.165) is 56.6 Å². The van der Waals surface area contributed by atoms with Gasteiger partial charge in [0.25, 0.3) is 0 Å². The van der Waals surface area contributed by atoms with Crippen LogP contribution in [0.3, 0.4) is 0 Å². The monoisotopic (exact) mass is 535 g/mol. The first-order valence-corrected chi connectivity index (χ1v) is 16.6. The third kappa shape index (κ3) is 5.23. The molecule has 0 radical (unpaired) electrons. The molecule has 1 aromatic rings. The fourth-order valence-electron chi connectivity index (χ4n) is 10.5. The second kappa shape index (κ2) is 11.5. The molecule has 5 fully saturated rings. The number of ether oxygens (including phenoxy) is 1. The number of aliphatic hydroxyl groups excluding tert-OH is 1. The molecule has 0 saturated heterocycles. The topological polar surface area (TPSA) is 58.6 Å². The van der Waals surface area contributed by atoms with Crippen molar-refractivity contribution in [2.45, 2.75) is 135 Å². The molecule has 2 N–H and O–H groups in total. The van der Waals surface area contributed by atoms with Gasteiger partial charge in [0.15, 0.2) is 0 Å². The van der Waals surface area contributed by atoms with Crippen molar-refractivity contribution >= 4 is 5.78 Å². The Morgan fingerprint density at radius 2 is 1.90 bits per heavy atom. The molecule has 4 nitrogen and oxygen atoms in total. The Hall–Kier alpha value is -1.39. The minimum atomic E-state index is -0.193. The lowest BCUT2D eigenvalue weighted by Crippen LogP contribution is -2.55. The Labute approximate surface area is 237 Å². The molecular formula is C35H53NO3. The summed E-state index contributed by atoms with van der Waals surface area (Å²) in [6, 6.07) is 9.88. The van der Waals surface area contributed by atoms with E-state index in [4.69, 9.17) is 4.74 Å². The van der Waals surface area contributed by atoms with Crippen molar-refractivity contribution in [1.82, 2.24) is 5.32 Å². The SMILES string of the molecule is CCCC(NC1CCCC1)c1cccc(OCC[C@]23CCC4C(CCC5CC(=O)CC[C@@]54C)C2CC[C@@H]3O)c1. The highest BCUT2D eigenvalue weighted by Gasteiger charge is 2.61. The Bertz CT molecular complexity index is 1000. The third-order valence-corrected chi connectivity index (χ3v) is 12.6. The van der Waals surface area contributed by atoms with Crippen LogP contribution in [0.1, 0.15) is 128 Å². The van der Waals surface area contributed by atoms with Gasteiger partial charge >= 0.3 is 0 Å². The lowest BCUT2D eigenvalue weighted by atomic mass is 9.44. The minimum Gasteiger partial charge on any atom is -0.494 e. The van der Waals surface area contributed by atoms with Crippen LogP contribution in [0.2, 0.25) is 0 Å². The van der Waals surface area contributed by atoms with Gasteiger partial charge in [-0.25, -0.2) is 0 Å². The number of hydrogen-bond donors (Lipinski definition) is 2. The van der Waals surface area contributed by atoms with Gasteiger partial charge in [0.1, 0.15) is 11.5 Å². The standard InChI is InChI=1S/C35H53NO3/c1-3-7-32(36-26-9-4-5-10-26)24-8-6-11-28(22-24)39-21-20-35-19-17-30-29(31(35)14-15-33(35)38)13-12-25-23-27(37)16-18-34(25,30)2/h6,8,11,22,25-26,29-33,36,38H,3-5,7,9-10,12-21,23H2,1-2H3/t25?,29?,30?,31?,32?,33-,34-,35+/m0/s1. The molecule has 0 aromatic heterocycles. The maximum Gasteiger partial charge on any atom is 0.133 e. The molecule has 5 unspecified atom stereocenters. The van der Waals surface area contributed by atoms with Crippen LogP contribution >= 0.6 is 0 Å². The molecule has 0 amide bonds. The van der Waals surface area contributed by atoms with E-state index in [2.05, 4.69) is 43.4 Å². The van der Waals surface area contributed by atoms with Crippen molar-refractivity contribution in [2.75, 3.05) is 6.61 Å². The lowest BCUT2D eigenvalue weighted by Gasteiger charge is -2.60. The Morgan fingerprint density at radius 1 is 1.05 bits per heavy atom. The van der Waals surface area contributed by atoms with Gasteiger partial charge in [-0.2, -0.15) is 0 Å². The van der Waals surface area contributed by atoms with E-state index in [1.54, 1.807) is 0 Å². The quantitative estimate of drug-likeness (QED) is 0.339. The van der Waals surface area contributed by atoms with Crippen molar-refractivity contribution in [1.29, 1.82) is 0 Å². The normalized spacial score (nSPS) is 39.2. The first-order chi connectivity index (χ1) is 18.9. The molecule has 4 heteroatoms. The summed E-state index contributed by atoms with van der Waals surface area (Å²) >= 11 is 0. The van der Waals surface area contributed by atoms with Crippen LogP contribution in [0.25, 0.3) is 0 Å². The smallest absolute Gasteiger partial charge is 0.133 e. The number of benzene rings is 1. The molecule has 0 aliphatic heterocycles. The van der Waals surface area contributed by atoms with Gasteiger partial charge in [-0.1, -0.05) is 45.2 Å². The number of ketones is 1. The van der Waals surface area contributed by atoms with Crippen molar-refractivity contribution in [3.63, 3.8) is 0 Å². The summed E-state index contributed by atoms with van der Waals surface area (Å²) in [5, 5.41) is 15.3. The van der Waals surface area contributed by atoms with E-state index in [0.29, 0.717) is 47.6 Å². The molecule has 0 bridgehead atoms. The molecule has 5 saturated carbocycles. The first kappa shape index (κ1) is 27.8. The molecule has 8 atom stereocenters.